The van der Waals surface area contributed by atoms with E-state index in [1.54, 1.807) is 18.1 Å². The Morgan fingerprint density at radius 1 is 1.21 bits per heavy atom. The second kappa shape index (κ2) is 7.84. The van der Waals surface area contributed by atoms with Crippen molar-refractivity contribution in [3.8, 4) is 11.3 Å². The van der Waals surface area contributed by atoms with E-state index in [1.807, 2.05) is 36.4 Å². The number of H-pyrrole nitrogens is 1. The van der Waals surface area contributed by atoms with Crippen LogP contribution in [0.4, 0.5) is 5.69 Å². The number of aromatic amines is 1. The Bertz CT molecular complexity index is 1050. The van der Waals surface area contributed by atoms with Gasteiger partial charge in [-0.1, -0.05) is 42.5 Å². The molecule has 1 aliphatic heterocycles. The lowest BCUT2D eigenvalue weighted by atomic mass is 9.95. The highest BCUT2D eigenvalue weighted by atomic mass is 16.6. The molecule has 0 fully saturated rings. The number of nitrogens with one attached hydrogen (secondary N) is 1. The molecule has 0 spiro atoms. The fourth-order valence-electron chi connectivity index (χ4n) is 3.78. The SMILES string of the molecule is COCCCN1C(=O)c2[nH]nc(-c3ccccc3)c2C1c1cccc([N+](=O)[O-])c1. The Kier molecular flexibility index (Phi) is 5.09. The van der Waals surface area contributed by atoms with Gasteiger partial charge >= 0.3 is 0 Å². The number of carbonyl (C=O) groups excluding carboxylic acids is 1. The molecular formula is C21H20N4O4. The molecule has 8 nitrogen and oxygen atoms in total. The maximum Gasteiger partial charge on any atom is 0.273 e. The number of hydrogen-bond donors (Lipinski definition) is 1. The molecule has 1 aliphatic rings. The number of rotatable bonds is 7. The van der Waals surface area contributed by atoms with Crippen LogP contribution in [-0.4, -0.2) is 46.2 Å². The lowest BCUT2D eigenvalue weighted by Gasteiger charge is -2.26. The zero-order valence-corrected chi connectivity index (χ0v) is 15.9. The largest absolute Gasteiger partial charge is 0.385 e. The van der Waals surface area contributed by atoms with E-state index in [0.717, 1.165) is 11.1 Å². The summed E-state index contributed by atoms with van der Waals surface area (Å²) in [6.45, 7) is 0.986. The van der Waals surface area contributed by atoms with Gasteiger partial charge in [-0.25, -0.2) is 0 Å². The van der Waals surface area contributed by atoms with Crippen molar-refractivity contribution in [3.63, 3.8) is 0 Å². The van der Waals surface area contributed by atoms with Gasteiger partial charge in [0.05, 0.1) is 16.7 Å². The van der Waals surface area contributed by atoms with Gasteiger partial charge in [0.2, 0.25) is 0 Å². The topological polar surface area (TPSA) is 101 Å². The van der Waals surface area contributed by atoms with Crippen LogP contribution in [0.25, 0.3) is 11.3 Å². The van der Waals surface area contributed by atoms with Crippen LogP contribution in [0.15, 0.2) is 54.6 Å². The van der Waals surface area contributed by atoms with E-state index in [9.17, 15) is 14.9 Å². The van der Waals surface area contributed by atoms with Crippen LogP contribution in [0.1, 0.15) is 34.1 Å². The number of nitro groups is 1. The number of ether oxygens (including phenoxy) is 1. The Hall–Kier alpha value is -3.52. The monoisotopic (exact) mass is 392 g/mol. The number of carbonyl (C=O) groups is 1. The summed E-state index contributed by atoms with van der Waals surface area (Å²) in [5.41, 5.74) is 3.41. The first kappa shape index (κ1) is 18.8. The standard InChI is InChI=1S/C21H20N4O4/c1-29-12-6-11-24-20(15-9-5-10-16(13-15)25(27)28)17-18(14-7-3-2-4-8-14)22-23-19(17)21(24)26/h2-5,7-10,13,20H,6,11-12H2,1H3,(H,22,23). The van der Waals surface area contributed by atoms with Gasteiger partial charge in [-0.15, -0.1) is 0 Å². The molecule has 2 aromatic carbocycles. The molecule has 1 amide bonds. The Labute approximate surface area is 167 Å². The molecule has 1 aromatic heterocycles. The predicted octanol–water partition coefficient (Wildman–Crippen LogP) is 3.57. The van der Waals surface area contributed by atoms with Gasteiger partial charge < -0.3 is 9.64 Å². The maximum absolute atomic E-state index is 13.1. The summed E-state index contributed by atoms with van der Waals surface area (Å²) in [5.74, 6) is -0.165. The molecule has 8 heteroatoms. The van der Waals surface area contributed by atoms with Crippen LogP contribution in [0, 0.1) is 10.1 Å². The lowest BCUT2D eigenvalue weighted by molar-refractivity contribution is -0.384. The zero-order valence-electron chi connectivity index (χ0n) is 15.9. The van der Waals surface area contributed by atoms with Crippen molar-refractivity contribution in [2.75, 3.05) is 20.3 Å². The van der Waals surface area contributed by atoms with Crippen LogP contribution in [0.5, 0.6) is 0 Å². The number of nitro benzene ring substituents is 1. The van der Waals surface area contributed by atoms with Gasteiger partial charge in [-0.2, -0.15) is 5.10 Å². The van der Waals surface area contributed by atoms with Gasteiger partial charge in [0.1, 0.15) is 5.69 Å². The fourth-order valence-corrected chi connectivity index (χ4v) is 3.78. The number of methoxy groups -OCH3 is 1. The molecule has 29 heavy (non-hydrogen) atoms. The summed E-state index contributed by atoms with van der Waals surface area (Å²) in [7, 11) is 1.61. The highest BCUT2D eigenvalue weighted by Gasteiger charge is 2.42. The van der Waals surface area contributed by atoms with Crippen LogP contribution in [0.2, 0.25) is 0 Å². The molecule has 2 heterocycles. The third kappa shape index (κ3) is 3.38. The molecule has 1 unspecified atom stereocenters. The molecule has 148 valence electrons. The minimum atomic E-state index is -0.455. The smallest absolute Gasteiger partial charge is 0.273 e. The van der Waals surface area contributed by atoms with E-state index in [0.29, 0.717) is 36.5 Å². The fraction of sp³-hybridized carbons (Fsp3) is 0.238. The Morgan fingerprint density at radius 2 is 2.00 bits per heavy atom. The molecular weight excluding hydrogens is 372 g/mol. The number of hydrogen-bond acceptors (Lipinski definition) is 5. The lowest BCUT2D eigenvalue weighted by Crippen LogP contribution is -2.31. The minimum absolute atomic E-state index is 0.00926. The van der Waals surface area contributed by atoms with Gasteiger partial charge in [-0.05, 0) is 12.0 Å². The summed E-state index contributed by atoms with van der Waals surface area (Å²) >= 11 is 0. The average Bonchev–Trinajstić information content (AvgIpc) is 3.28. The van der Waals surface area contributed by atoms with E-state index >= 15 is 0 Å². The van der Waals surface area contributed by atoms with Gasteiger partial charge in [0.15, 0.2) is 0 Å². The van der Waals surface area contributed by atoms with E-state index in [4.69, 9.17) is 4.74 Å². The summed E-state index contributed by atoms with van der Waals surface area (Å²) in [5, 5.41) is 18.6. The third-order valence-electron chi connectivity index (χ3n) is 5.06. The van der Waals surface area contributed by atoms with Crippen molar-refractivity contribution in [1.82, 2.24) is 15.1 Å². The van der Waals surface area contributed by atoms with E-state index < -0.39 is 11.0 Å². The molecule has 0 bridgehead atoms. The summed E-state index contributed by atoms with van der Waals surface area (Å²) < 4.78 is 5.13. The summed E-state index contributed by atoms with van der Waals surface area (Å²) in [6.07, 6.45) is 0.659. The number of aromatic nitrogens is 2. The van der Waals surface area contributed by atoms with E-state index in [1.165, 1.54) is 12.1 Å². The van der Waals surface area contributed by atoms with Crippen LogP contribution < -0.4 is 0 Å². The first-order valence-corrected chi connectivity index (χ1v) is 9.29. The van der Waals surface area contributed by atoms with Crippen LogP contribution in [0.3, 0.4) is 0 Å². The highest BCUT2D eigenvalue weighted by molar-refractivity contribution is 6.00. The van der Waals surface area contributed by atoms with Crippen molar-refractivity contribution in [2.24, 2.45) is 0 Å². The number of non-ortho nitro benzene ring substituents is 1. The second-order valence-corrected chi connectivity index (χ2v) is 6.83. The molecule has 3 aromatic rings. The number of fused-ring (bicyclic) bond motifs is 1. The molecule has 0 saturated carbocycles. The first-order chi connectivity index (χ1) is 14.1. The molecule has 1 N–H and O–H groups in total. The molecule has 0 aliphatic carbocycles. The highest BCUT2D eigenvalue weighted by Crippen LogP contribution is 2.43. The zero-order chi connectivity index (χ0) is 20.4. The molecule has 0 saturated heterocycles. The van der Waals surface area contributed by atoms with Crippen molar-refractivity contribution in [1.29, 1.82) is 0 Å². The second-order valence-electron chi connectivity index (χ2n) is 6.83. The predicted molar refractivity (Wildman–Crippen MR) is 106 cm³/mol. The van der Waals surface area contributed by atoms with Crippen molar-refractivity contribution in [3.05, 3.63) is 81.5 Å². The summed E-state index contributed by atoms with van der Waals surface area (Å²) in [6, 6.07) is 15.6. The Balaban J connectivity index is 1.84. The van der Waals surface area contributed by atoms with E-state index in [2.05, 4.69) is 10.2 Å². The first-order valence-electron chi connectivity index (χ1n) is 9.29. The molecule has 0 radical (unpaired) electrons. The van der Waals surface area contributed by atoms with Crippen molar-refractivity contribution >= 4 is 11.6 Å². The summed E-state index contributed by atoms with van der Waals surface area (Å²) in [4.78, 5) is 25.7. The van der Waals surface area contributed by atoms with Gasteiger partial charge in [0, 0.05) is 43.5 Å². The van der Waals surface area contributed by atoms with Gasteiger partial charge in [0.25, 0.3) is 11.6 Å². The Morgan fingerprint density at radius 3 is 2.72 bits per heavy atom. The minimum Gasteiger partial charge on any atom is -0.385 e. The maximum atomic E-state index is 13.1. The number of amides is 1. The van der Waals surface area contributed by atoms with Gasteiger partial charge in [-0.3, -0.25) is 20.0 Å². The van der Waals surface area contributed by atoms with E-state index in [-0.39, 0.29) is 11.6 Å². The normalized spacial score (nSPS) is 15.6. The van der Waals surface area contributed by atoms with Crippen LogP contribution >= 0.6 is 0 Å². The number of benzene rings is 2. The van der Waals surface area contributed by atoms with Crippen molar-refractivity contribution in [2.45, 2.75) is 12.5 Å². The van der Waals surface area contributed by atoms with Crippen molar-refractivity contribution < 1.29 is 14.5 Å². The average molecular weight is 392 g/mol. The quantitative estimate of drug-likeness (QED) is 0.376. The number of nitrogens with zero attached hydrogens (tertiary/aromatic N) is 3. The van der Waals surface area contributed by atoms with Crippen LogP contribution in [-0.2, 0) is 4.74 Å². The third-order valence-corrected chi connectivity index (χ3v) is 5.06. The molecule has 4 rings (SSSR count). The molecule has 1 atom stereocenters.